The second-order valence-corrected chi connectivity index (χ2v) is 7.29. The molecule has 4 rings (SSSR count). The van der Waals surface area contributed by atoms with E-state index in [-0.39, 0.29) is 5.56 Å². The van der Waals surface area contributed by atoms with Gasteiger partial charge in [0, 0.05) is 18.3 Å². The number of benzene rings is 2. The molecular formula is C22H24N6O. The Balaban J connectivity index is 1.48. The molecule has 0 saturated carbocycles. The van der Waals surface area contributed by atoms with Crippen molar-refractivity contribution in [1.82, 2.24) is 19.6 Å². The van der Waals surface area contributed by atoms with Crippen LogP contribution in [0.3, 0.4) is 0 Å². The second-order valence-electron chi connectivity index (χ2n) is 7.29. The van der Waals surface area contributed by atoms with Gasteiger partial charge in [0.05, 0.1) is 12.2 Å². The number of hydrogen-bond donors (Lipinski definition) is 3. The lowest BCUT2D eigenvalue weighted by atomic mass is 10.1. The van der Waals surface area contributed by atoms with Gasteiger partial charge in [-0.3, -0.25) is 9.89 Å². The predicted molar refractivity (Wildman–Crippen MR) is 115 cm³/mol. The summed E-state index contributed by atoms with van der Waals surface area (Å²) in [6, 6.07) is 16.0. The van der Waals surface area contributed by atoms with Crippen LogP contribution in [0.2, 0.25) is 0 Å². The number of aromatic nitrogens is 4. The lowest BCUT2D eigenvalue weighted by Crippen LogP contribution is -2.17. The van der Waals surface area contributed by atoms with Crippen LogP contribution in [0.25, 0.3) is 5.78 Å². The maximum absolute atomic E-state index is 12.4. The van der Waals surface area contributed by atoms with Gasteiger partial charge < -0.3 is 10.6 Å². The van der Waals surface area contributed by atoms with Crippen molar-refractivity contribution in [2.45, 2.75) is 33.9 Å². The van der Waals surface area contributed by atoms with E-state index in [9.17, 15) is 4.79 Å². The highest BCUT2D eigenvalue weighted by atomic mass is 16.1. The zero-order chi connectivity index (χ0) is 20.4. The minimum atomic E-state index is -0.192. The molecule has 0 bridgehead atoms. The number of rotatable bonds is 6. The highest BCUT2D eigenvalue weighted by Crippen LogP contribution is 2.15. The first kappa shape index (κ1) is 18.7. The minimum absolute atomic E-state index is 0.192. The fourth-order valence-electron chi connectivity index (χ4n) is 3.03. The van der Waals surface area contributed by atoms with E-state index in [1.165, 1.54) is 27.3 Å². The Kier molecular flexibility index (Phi) is 5.03. The largest absolute Gasteiger partial charge is 0.379 e. The van der Waals surface area contributed by atoms with Crippen molar-refractivity contribution in [3.8, 4) is 0 Å². The number of aromatic amines is 1. The van der Waals surface area contributed by atoms with E-state index in [2.05, 4.69) is 82.9 Å². The number of anilines is 2. The van der Waals surface area contributed by atoms with Crippen LogP contribution >= 0.6 is 0 Å². The smallest absolute Gasteiger partial charge is 0.274 e. The molecule has 3 N–H and O–H groups in total. The van der Waals surface area contributed by atoms with Gasteiger partial charge in [0.2, 0.25) is 5.95 Å². The number of aryl methyl sites for hydroxylation is 3. The van der Waals surface area contributed by atoms with Gasteiger partial charge in [-0.2, -0.15) is 9.50 Å². The van der Waals surface area contributed by atoms with Crippen LogP contribution in [0, 0.1) is 20.8 Å². The van der Waals surface area contributed by atoms with Crippen LogP contribution in [0.1, 0.15) is 27.9 Å². The van der Waals surface area contributed by atoms with Crippen LogP contribution in [0.5, 0.6) is 0 Å². The van der Waals surface area contributed by atoms with Crippen molar-refractivity contribution in [1.29, 1.82) is 0 Å². The molecule has 0 spiro atoms. The van der Waals surface area contributed by atoms with Crippen molar-refractivity contribution in [3.05, 3.63) is 86.8 Å². The molecule has 0 aliphatic carbocycles. The van der Waals surface area contributed by atoms with Gasteiger partial charge in [-0.25, -0.2) is 4.98 Å². The molecule has 7 heteroatoms. The Hall–Kier alpha value is -3.61. The average molecular weight is 388 g/mol. The SMILES string of the molecule is Cc1ccc(CNc2nc3nc(CNc4ccc(C)c(C)c4)cc(=O)n3[nH]2)cc1. The molecule has 2 aromatic heterocycles. The van der Waals surface area contributed by atoms with Gasteiger partial charge in [-0.1, -0.05) is 35.9 Å². The molecule has 7 nitrogen and oxygen atoms in total. The zero-order valence-electron chi connectivity index (χ0n) is 16.8. The molecule has 2 aromatic carbocycles. The number of fused-ring (bicyclic) bond motifs is 1. The molecule has 0 unspecified atom stereocenters. The summed E-state index contributed by atoms with van der Waals surface area (Å²) in [7, 11) is 0. The number of hydrogen-bond acceptors (Lipinski definition) is 5. The van der Waals surface area contributed by atoms with Gasteiger partial charge in [0.1, 0.15) is 0 Å². The molecule has 4 aromatic rings. The standard InChI is InChI=1S/C22H24N6O/c1-14-4-7-17(8-5-14)12-24-21-26-22-25-19(11-20(29)28(22)27-21)13-23-18-9-6-15(2)16(3)10-18/h4-11,23H,12-13H2,1-3H3,(H2,24,25,26,27). The monoisotopic (exact) mass is 388 g/mol. The summed E-state index contributed by atoms with van der Waals surface area (Å²) in [5, 5.41) is 9.48. The molecule has 0 saturated heterocycles. The lowest BCUT2D eigenvalue weighted by Gasteiger charge is -2.08. The van der Waals surface area contributed by atoms with E-state index >= 15 is 0 Å². The first-order chi connectivity index (χ1) is 14.0. The van der Waals surface area contributed by atoms with E-state index in [1.54, 1.807) is 0 Å². The van der Waals surface area contributed by atoms with Crippen molar-refractivity contribution in [3.63, 3.8) is 0 Å². The topological polar surface area (TPSA) is 87.1 Å². The van der Waals surface area contributed by atoms with Gasteiger partial charge in [-0.15, -0.1) is 0 Å². The third-order valence-corrected chi connectivity index (χ3v) is 4.94. The molecule has 2 heterocycles. The minimum Gasteiger partial charge on any atom is -0.379 e. The summed E-state index contributed by atoms with van der Waals surface area (Å²) in [6.45, 7) is 7.27. The van der Waals surface area contributed by atoms with Crippen molar-refractivity contribution < 1.29 is 0 Å². The molecule has 0 atom stereocenters. The number of nitrogens with one attached hydrogen (secondary N) is 3. The number of nitrogens with zero attached hydrogens (tertiary/aromatic N) is 3. The van der Waals surface area contributed by atoms with Gasteiger partial charge in [-0.05, 0) is 49.6 Å². The quantitative estimate of drug-likeness (QED) is 0.470. The summed E-state index contributed by atoms with van der Waals surface area (Å²) in [5.74, 6) is 0.857. The van der Waals surface area contributed by atoms with E-state index < -0.39 is 0 Å². The molecule has 0 radical (unpaired) electrons. The maximum Gasteiger partial charge on any atom is 0.274 e. The van der Waals surface area contributed by atoms with E-state index in [0.717, 1.165) is 11.3 Å². The van der Waals surface area contributed by atoms with Gasteiger partial charge >= 0.3 is 0 Å². The summed E-state index contributed by atoms with van der Waals surface area (Å²) in [6.07, 6.45) is 0. The van der Waals surface area contributed by atoms with E-state index in [4.69, 9.17) is 0 Å². The van der Waals surface area contributed by atoms with Crippen LogP contribution < -0.4 is 16.2 Å². The summed E-state index contributed by atoms with van der Waals surface area (Å²) < 4.78 is 1.34. The van der Waals surface area contributed by atoms with Gasteiger partial charge in [0.25, 0.3) is 11.3 Å². The molecule has 29 heavy (non-hydrogen) atoms. The third kappa shape index (κ3) is 4.29. The first-order valence-electron chi connectivity index (χ1n) is 9.57. The fraction of sp³-hybridized carbons (Fsp3) is 0.227. The van der Waals surface area contributed by atoms with Crippen molar-refractivity contribution in [2.75, 3.05) is 10.6 Å². The van der Waals surface area contributed by atoms with Crippen LogP contribution in [-0.2, 0) is 13.1 Å². The van der Waals surface area contributed by atoms with Crippen LogP contribution in [0.4, 0.5) is 11.6 Å². The zero-order valence-corrected chi connectivity index (χ0v) is 16.8. The lowest BCUT2D eigenvalue weighted by molar-refractivity contribution is 0.874. The Morgan fingerprint density at radius 1 is 0.897 bits per heavy atom. The average Bonchev–Trinajstić information content (AvgIpc) is 3.12. The predicted octanol–water partition coefficient (Wildman–Crippen LogP) is 3.57. The summed E-state index contributed by atoms with van der Waals surface area (Å²) in [4.78, 5) is 21.3. The summed E-state index contributed by atoms with van der Waals surface area (Å²) in [5.41, 5.74) is 6.26. The van der Waals surface area contributed by atoms with E-state index in [1.807, 2.05) is 6.07 Å². The highest BCUT2D eigenvalue weighted by Gasteiger charge is 2.08. The molecule has 0 amide bonds. The highest BCUT2D eigenvalue weighted by molar-refractivity contribution is 5.48. The second kappa shape index (κ2) is 7.79. The van der Waals surface area contributed by atoms with Crippen LogP contribution in [-0.4, -0.2) is 19.6 Å². The number of H-pyrrole nitrogens is 1. The summed E-state index contributed by atoms with van der Waals surface area (Å²) >= 11 is 0. The first-order valence-corrected chi connectivity index (χ1v) is 9.57. The Bertz CT molecular complexity index is 1210. The van der Waals surface area contributed by atoms with Gasteiger partial charge in [0.15, 0.2) is 0 Å². The van der Waals surface area contributed by atoms with Crippen molar-refractivity contribution in [2.24, 2.45) is 0 Å². The maximum atomic E-state index is 12.4. The Labute approximate surface area is 168 Å². The van der Waals surface area contributed by atoms with Crippen molar-refractivity contribution >= 4 is 17.4 Å². The fourth-order valence-corrected chi connectivity index (χ4v) is 3.03. The molecule has 0 aliphatic heterocycles. The molecule has 0 fully saturated rings. The molecular weight excluding hydrogens is 364 g/mol. The Morgan fingerprint density at radius 2 is 1.69 bits per heavy atom. The molecule has 148 valence electrons. The third-order valence-electron chi connectivity index (χ3n) is 4.94. The Morgan fingerprint density at radius 3 is 2.45 bits per heavy atom. The molecule has 0 aliphatic rings. The van der Waals surface area contributed by atoms with Crippen LogP contribution in [0.15, 0.2) is 53.3 Å². The normalized spacial score (nSPS) is 11.0. The van der Waals surface area contributed by atoms with E-state index in [0.29, 0.717) is 30.5 Å².